The van der Waals surface area contributed by atoms with Gasteiger partial charge in [-0.25, -0.2) is 4.79 Å². The summed E-state index contributed by atoms with van der Waals surface area (Å²) in [6, 6.07) is 15.6. The topological polar surface area (TPSA) is 61.7 Å². The molecule has 9 heteroatoms. The van der Waals surface area contributed by atoms with E-state index in [2.05, 4.69) is 10.00 Å². The molecular formula is C25H25Cl2N5O2. The largest absolute Gasteiger partial charge is 0.344 e. The van der Waals surface area contributed by atoms with Crippen LogP contribution in [0.3, 0.4) is 0 Å². The second-order valence-electron chi connectivity index (χ2n) is 8.63. The van der Waals surface area contributed by atoms with Gasteiger partial charge < -0.3 is 9.80 Å². The van der Waals surface area contributed by atoms with Crippen LogP contribution in [0.2, 0.25) is 10.0 Å². The maximum Gasteiger partial charge on any atom is 0.344 e. The molecule has 2 amide bonds. The number of hydrogen-bond acceptors (Lipinski definition) is 4. The maximum atomic E-state index is 13.0. The monoisotopic (exact) mass is 497 g/mol. The van der Waals surface area contributed by atoms with Crippen LogP contribution < -0.4 is 0 Å². The van der Waals surface area contributed by atoms with Crippen LogP contribution in [0.4, 0.5) is 4.79 Å². The Morgan fingerprint density at radius 3 is 1.82 bits per heavy atom. The average Bonchev–Trinajstić information content (AvgIpc) is 3.31. The van der Waals surface area contributed by atoms with Gasteiger partial charge in [0, 0.05) is 55.5 Å². The van der Waals surface area contributed by atoms with Gasteiger partial charge in [-0.15, -0.1) is 0 Å². The van der Waals surface area contributed by atoms with Crippen LogP contribution in [0.5, 0.6) is 0 Å². The highest BCUT2D eigenvalue weighted by atomic mass is 35.5. The zero-order valence-electron chi connectivity index (χ0n) is 18.6. The van der Waals surface area contributed by atoms with Crippen LogP contribution >= 0.6 is 23.2 Å². The summed E-state index contributed by atoms with van der Waals surface area (Å²) in [6.45, 7) is 4.05. The SMILES string of the molecule is O=C(c1cnn(C(=O)N2CCN(C(c3ccc(Cl)cc3)c3ccc(Cl)cc3)CC2)c1)N1CCC1. The Morgan fingerprint density at radius 2 is 1.32 bits per heavy atom. The van der Waals surface area contributed by atoms with E-state index in [0.717, 1.165) is 30.6 Å². The van der Waals surface area contributed by atoms with Gasteiger partial charge in [0.25, 0.3) is 5.91 Å². The van der Waals surface area contributed by atoms with Crippen molar-refractivity contribution < 1.29 is 9.59 Å². The summed E-state index contributed by atoms with van der Waals surface area (Å²) in [4.78, 5) is 31.3. The molecule has 0 bridgehead atoms. The third-order valence-corrected chi connectivity index (χ3v) is 6.99. The molecule has 0 saturated carbocycles. The van der Waals surface area contributed by atoms with Crippen LogP contribution in [-0.4, -0.2) is 75.7 Å². The Labute approximate surface area is 208 Å². The number of rotatable bonds is 4. The molecule has 0 N–H and O–H groups in total. The molecule has 0 aliphatic carbocycles. The van der Waals surface area contributed by atoms with Gasteiger partial charge in [0.2, 0.25) is 0 Å². The molecule has 3 heterocycles. The van der Waals surface area contributed by atoms with Crippen molar-refractivity contribution in [1.82, 2.24) is 24.5 Å². The molecule has 2 aliphatic heterocycles. The smallest absolute Gasteiger partial charge is 0.338 e. The second kappa shape index (κ2) is 9.78. The van der Waals surface area contributed by atoms with Crippen molar-refractivity contribution in [2.24, 2.45) is 0 Å². The zero-order chi connectivity index (χ0) is 23.7. The first-order chi connectivity index (χ1) is 16.5. The Hall–Kier alpha value is -2.87. The first-order valence-corrected chi connectivity index (χ1v) is 12.1. The van der Waals surface area contributed by atoms with Crippen LogP contribution in [0, 0.1) is 0 Å². The number of hydrogen-bond donors (Lipinski definition) is 0. The normalized spacial score (nSPS) is 16.6. The van der Waals surface area contributed by atoms with Crippen molar-refractivity contribution in [3.05, 3.63) is 87.7 Å². The molecule has 34 heavy (non-hydrogen) atoms. The van der Waals surface area contributed by atoms with E-state index >= 15 is 0 Å². The predicted molar refractivity (Wildman–Crippen MR) is 131 cm³/mol. The quantitative estimate of drug-likeness (QED) is 0.535. The van der Waals surface area contributed by atoms with E-state index in [1.54, 1.807) is 16.0 Å². The maximum absolute atomic E-state index is 13.0. The third kappa shape index (κ3) is 4.69. The molecule has 7 nitrogen and oxygen atoms in total. The van der Waals surface area contributed by atoms with E-state index in [4.69, 9.17) is 23.2 Å². The molecule has 0 spiro atoms. The van der Waals surface area contributed by atoms with Gasteiger partial charge in [0.1, 0.15) is 0 Å². The average molecular weight is 498 g/mol. The van der Waals surface area contributed by atoms with Crippen molar-refractivity contribution in [1.29, 1.82) is 0 Å². The van der Waals surface area contributed by atoms with Crippen molar-refractivity contribution in [2.75, 3.05) is 39.3 Å². The fraction of sp³-hybridized carbons (Fsp3) is 0.320. The van der Waals surface area contributed by atoms with E-state index in [-0.39, 0.29) is 18.0 Å². The van der Waals surface area contributed by atoms with E-state index in [1.807, 2.05) is 48.5 Å². The Kier molecular flexibility index (Phi) is 6.59. The first kappa shape index (κ1) is 22.9. The van der Waals surface area contributed by atoms with Crippen molar-refractivity contribution in [3.8, 4) is 0 Å². The minimum Gasteiger partial charge on any atom is -0.338 e. The summed E-state index contributed by atoms with van der Waals surface area (Å²) in [7, 11) is 0. The van der Waals surface area contributed by atoms with E-state index in [1.165, 1.54) is 10.9 Å². The van der Waals surface area contributed by atoms with Gasteiger partial charge >= 0.3 is 6.03 Å². The summed E-state index contributed by atoms with van der Waals surface area (Å²) < 4.78 is 1.28. The van der Waals surface area contributed by atoms with Crippen molar-refractivity contribution in [2.45, 2.75) is 12.5 Å². The molecule has 1 aromatic heterocycles. The Bertz CT molecular complexity index is 1120. The molecule has 2 saturated heterocycles. The lowest BCUT2D eigenvalue weighted by atomic mass is 9.96. The lowest BCUT2D eigenvalue weighted by molar-refractivity contribution is 0.0652. The summed E-state index contributed by atoms with van der Waals surface area (Å²) in [6.07, 6.45) is 4.04. The first-order valence-electron chi connectivity index (χ1n) is 11.4. The number of benzene rings is 2. The standard InChI is InChI=1S/C25H25Cl2N5O2/c26-21-6-2-18(3-7-21)23(19-4-8-22(27)9-5-19)29-12-14-31(15-13-29)25(34)32-17-20(16-28-32)24(33)30-10-1-11-30/h2-9,16-17,23H,1,10-15H2. The number of likely N-dealkylation sites (tertiary alicyclic amines) is 1. The van der Waals surface area contributed by atoms with Gasteiger partial charge in [-0.2, -0.15) is 9.78 Å². The molecule has 3 aromatic rings. The van der Waals surface area contributed by atoms with E-state index in [0.29, 0.717) is 41.8 Å². The molecular weight excluding hydrogens is 473 g/mol. The second-order valence-corrected chi connectivity index (χ2v) is 9.50. The predicted octanol–water partition coefficient (Wildman–Crippen LogP) is 4.41. The molecule has 0 atom stereocenters. The molecule has 5 rings (SSSR count). The van der Waals surface area contributed by atoms with Crippen molar-refractivity contribution >= 4 is 35.1 Å². The molecule has 2 aliphatic rings. The molecule has 2 fully saturated rings. The highest BCUT2D eigenvalue weighted by molar-refractivity contribution is 6.30. The van der Waals surface area contributed by atoms with Crippen LogP contribution in [-0.2, 0) is 0 Å². The highest BCUT2D eigenvalue weighted by Gasteiger charge is 2.30. The number of carbonyl (C=O) groups is 2. The number of nitrogens with zero attached hydrogens (tertiary/aromatic N) is 5. The fourth-order valence-electron chi connectivity index (χ4n) is 4.46. The Balaban J connectivity index is 1.29. The number of aromatic nitrogens is 2. The number of carbonyl (C=O) groups excluding carboxylic acids is 2. The minimum absolute atomic E-state index is 0.0252. The number of piperazine rings is 1. The summed E-state index contributed by atoms with van der Waals surface area (Å²) in [5.41, 5.74) is 2.72. The van der Waals surface area contributed by atoms with Gasteiger partial charge in [0.15, 0.2) is 0 Å². The summed E-state index contributed by atoms with van der Waals surface area (Å²) in [5, 5.41) is 5.55. The molecule has 176 valence electrons. The Morgan fingerprint density at radius 1 is 0.765 bits per heavy atom. The lowest BCUT2D eigenvalue weighted by Gasteiger charge is -2.39. The summed E-state index contributed by atoms with van der Waals surface area (Å²) in [5.74, 6) is -0.0658. The van der Waals surface area contributed by atoms with Crippen LogP contribution in [0.15, 0.2) is 60.9 Å². The van der Waals surface area contributed by atoms with Gasteiger partial charge in [-0.3, -0.25) is 9.69 Å². The van der Waals surface area contributed by atoms with Crippen LogP contribution in [0.25, 0.3) is 0 Å². The van der Waals surface area contributed by atoms with Gasteiger partial charge in [-0.05, 0) is 41.8 Å². The number of amides is 2. The highest BCUT2D eigenvalue weighted by Crippen LogP contribution is 2.31. The molecule has 0 radical (unpaired) electrons. The summed E-state index contributed by atoms with van der Waals surface area (Å²) >= 11 is 12.2. The molecule has 2 aromatic carbocycles. The van der Waals surface area contributed by atoms with E-state index in [9.17, 15) is 9.59 Å². The van der Waals surface area contributed by atoms with Crippen LogP contribution in [0.1, 0.15) is 33.9 Å². The molecule has 0 unspecified atom stereocenters. The lowest BCUT2D eigenvalue weighted by Crippen LogP contribution is -2.51. The van der Waals surface area contributed by atoms with Gasteiger partial charge in [-0.1, -0.05) is 47.5 Å². The van der Waals surface area contributed by atoms with Crippen molar-refractivity contribution in [3.63, 3.8) is 0 Å². The zero-order valence-corrected chi connectivity index (χ0v) is 20.1. The van der Waals surface area contributed by atoms with E-state index < -0.39 is 0 Å². The third-order valence-electron chi connectivity index (χ3n) is 6.49. The van der Waals surface area contributed by atoms with Gasteiger partial charge in [0.05, 0.1) is 17.8 Å². The minimum atomic E-state index is -0.211. The number of halogens is 2. The fourth-order valence-corrected chi connectivity index (χ4v) is 4.71.